The summed E-state index contributed by atoms with van der Waals surface area (Å²) in [5.41, 5.74) is 1.61. The molecule has 2 rings (SSSR count). The maximum Gasteiger partial charge on any atom is 0.274 e. The molecule has 0 fully saturated rings. The second-order valence-electron chi connectivity index (χ2n) is 4.60. The molecule has 1 heterocycles. The number of aryl methyl sites for hydroxylation is 1. The fourth-order valence-electron chi connectivity index (χ4n) is 2.31. The van der Waals surface area contributed by atoms with Crippen LogP contribution in [0.15, 0.2) is 24.3 Å². The number of hydrogen-bond donors (Lipinski definition) is 0. The van der Waals surface area contributed by atoms with Gasteiger partial charge < -0.3 is 4.57 Å². The summed E-state index contributed by atoms with van der Waals surface area (Å²) in [5.74, 6) is -1.12. The van der Waals surface area contributed by atoms with Crippen molar-refractivity contribution in [1.82, 2.24) is 4.57 Å². The first-order valence-corrected chi connectivity index (χ1v) is 6.62. The van der Waals surface area contributed by atoms with Crippen LogP contribution < -0.4 is 0 Å². The van der Waals surface area contributed by atoms with Crippen LogP contribution in [0.25, 0.3) is 5.69 Å². The molecule has 0 unspecified atom stereocenters. The number of halogens is 2. The van der Waals surface area contributed by atoms with Crippen LogP contribution >= 0.6 is 11.6 Å². The highest BCUT2D eigenvalue weighted by atomic mass is 35.5. The van der Waals surface area contributed by atoms with Crippen LogP contribution in [-0.2, 0) is 0 Å². The third-order valence-corrected chi connectivity index (χ3v) is 3.43. The third kappa shape index (κ3) is 2.80. The minimum atomic E-state index is -0.711. The van der Waals surface area contributed by atoms with E-state index in [2.05, 4.69) is 0 Å². The molecule has 0 radical (unpaired) electrons. The summed E-state index contributed by atoms with van der Waals surface area (Å²) in [7, 11) is 0. The number of non-ortho nitro benzene ring substituents is 1. The van der Waals surface area contributed by atoms with Gasteiger partial charge in [0.1, 0.15) is 5.82 Å². The fourth-order valence-corrected chi connectivity index (χ4v) is 2.45. The van der Waals surface area contributed by atoms with Gasteiger partial charge in [-0.3, -0.25) is 14.9 Å². The highest BCUT2D eigenvalue weighted by Crippen LogP contribution is 2.25. The Morgan fingerprint density at radius 3 is 2.57 bits per heavy atom. The molecule has 0 bridgehead atoms. The van der Waals surface area contributed by atoms with Crippen molar-refractivity contribution in [3.05, 3.63) is 57.1 Å². The van der Waals surface area contributed by atoms with E-state index in [1.54, 1.807) is 24.5 Å². The quantitative estimate of drug-likeness (QED) is 0.375. The molecular formula is C14H12ClFN2O3. The summed E-state index contributed by atoms with van der Waals surface area (Å²) in [6.45, 7) is 3.41. The van der Waals surface area contributed by atoms with Gasteiger partial charge >= 0.3 is 0 Å². The molecular weight excluding hydrogens is 299 g/mol. The lowest BCUT2D eigenvalue weighted by molar-refractivity contribution is -0.385. The number of ketones is 1. The van der Waals surface area contributed by atoms with E-state index in [1.165, 1.54) is 12.1 Å². The Bertz CT molecular complexity index is 740. The van der Waals surface area contributed by atoms with E-state index >= 15 is 0 Å². The molecule has 0 amide bonds. The van der Waals surface area contributed by atoms with Crippen LogP contribution in [-0.4, -0.2) is 21.2 Å². The first kappa shape index (κ1) is 15.2. The number of Topliss-reactive ketones (excluding diaryl/α,β-unsaturated/α-hetero) is 1. The van der Waals surface area contributed by atoms with E-state index in [9.17, 15) is 19.3 Å². The van der Waals surface area contributed by atoms with Gasteiger partial charge in [-0.15, -0.1) is 11.6 Å². The molecule has 1 aromatic carbocycles. The van der Waals surface area contributed by atoms with Crippen molar-refractivity contribution in [1.29, 1.82) is 0 Å². The number of benzene rings is 1. The molecule has 0 aliphatic carbocycles. The molecule has 0 saturated heterocycles. The monoisotopic (exact) mass is 310 g/mol. The van der Waals surface area contributed by atoms with Crippen LogP contribution in [0.3, 0.4) is 0 Å². The molecule has 0 aliphatic rings. The summed E-state index contributed by atoms with van der Waals surface area (Å²) < 4.78 is 15.2. The number of aromatic nitrogens is 1. The lowest BCUT2D eigenvalue weighted by Crippen LogP contribution is -2.05. The van der Waals surface area contributed by atoms with Crippen LogP contribution in [0.4, 0.5) is 10.1 Å². The lowest BCUT2D eigenvalue weighted by Gasteiger charge is -2.10. The molecule has 0 spiro atoms. The summed E-state index contributed by atoms with van der Waals surface area (Å²) in [4.78, 5) is 21.9. The van der Waals surface area contributed by atoms with E-state index in [0.717, 1.165) is 6.07 Å². The maximum absolute atomic E-state index is 13.6. The van der Waals surface area contributed by atoms with Crippen molar-refractivity contribution in [3.63, 3.8) is 0 Å². The number of carbonyl (C=O) groups is 1. The Kier molecular flexibility index (Phi) is 4.09. The van der Waals surface area contributed by atoms with Gasteiger partial charge in [-0.05, 0) is 26.0 Å². The molecule has 0 saturated carbocycles. The predicted molar refractivity (Wildman–Crippen MR) is 76.9 cm³/mol. The summed E-state index contributed by atoms with van der Waals surface area (Å²) >= 11 is 5.55. The number of rotatable bonds is 4. The SMILES string of the molecule is Cc1cc(C(=O)CCl)c(C)n1-c1cc(F)cc([N+](=O)[O-])c1. The average Bonchev–Trinajstić information content (AvgIpc) is 2.72. The number of nitrogens with zero attached hydrogens (tertiary/aromatic N) is 2. The minimum Gasteiger partial charge on any atom is -0.317 e. The van der Waals surface area contributed by atoms with Gasteiger partial charge in [0.25, 0.3) is 5.69 Å². The summed E-state index contributed by atoms with van der Waals surface area (Å²) in [5, 5.41) is 10.8. The fraction of sp³-hybridized carbons (Fsp3) is 0.214. The second kappa shape index (κ2) is 5.65. The first-order valence-electron chi connectivity index (χ1n) is 6.08. The number of nitro benzene ring substituents is 1. The Labute approximate surface area is 125 Å². The standard InChI is InChI=1S/C14H12ClFN2O3/c1-8-3-13(14(19)7-15)9(2)17(8)11-4-10(16)5-12(6-11)18(20)21/h3-6H,7H2,1-2H3. The molecule has 5 nitrogen and oxygen atoms in total. The molecule has 2 aromatic rings. The van der Waals surface area contributed by atoms with Crippen LogP contribution in [0, 0.1) is 29.8 Å². The van der Waals surface area contributed by atoms with Gasteiger partial charge in [-0.25, -0.2) is 4.39 Å². The van der Waals surface area contributed by atoms with Gasteiger partial charge in [0.05, 0.1) is 22.6 Å². The Morgan fingerprint density at radius 2 is 2.00 bits per heavy atom. The van der Waals surface area contributed by atoms with E-state index in [1.807, 2.05) is 0 Å². The highest BCUT2D eigenvalue weighted by molar-refractivity contribution is 6.30. The third-order valence-electron chi connectivity index (χ3n) is 3.19. The molecule has 110 valence electrons. The zero-order chi connectivity index (χ0) is 15.7. The lowest BCUT2D eigenvalue weighted by atomic mass is 10.2. The largest absolute Gasteiger partial charge is 0.317 e. The van der Waals surface area contributed by atoms with E-state index in [4.69, 9.17) is 11.6 Å². The van der Waals surface area contributed by atoms with Crippen molar-refractivity contribution in [3.8, 4) is 5.69 Å². The maximum atomic E-state index is 13.6. The van der Waals surface area contributed by atoms with Crippen LogP contribution in [0.2, 0.25) is 0 Å². The van der Waals surface area contributed by atoms with Crippen LogP contribution in [0.1, 0.15) is 21.7 Å². The van der Waals surface area contributed by atoms with Crippen molar-refractivity contribution in [2.45, 2.75) is 13.8 Å². The second-order valence-corrected chi connectivity index (χ2v) is 4.87. The van der Waals surface area contributed by atoms with Crippen LogP contribution in [0.5, 0.6) is 0 Å². The number of carbonyl (C=O) groups excluding carboxylic acids is 1. The molecule has 21 heavy (non-hydrogen) atoms. The Balaban J connectivity index is 2.65. The summed E-state index contributed by atoms with van der Waals surface area (Å²) in [6, 6.07) is 4.93. The van der Waals surface area contributed by atoms with Gasteiger partial charge in [0.2, 0.25) is 0 Å². The highest BCUT2D eigenvalue weighted by Gasteiger charge is 2.18. The van der Waals surface area contributed by atoms with Crippen molar-refractivity contribution >= 4 is 23.1 Å². The van der Waals surface area contributed by atoms with Crippen molar-refractivity contribution in [2.24, 2.45) is 0 Å². The molecule has 7 heteroatoms. The van der Waals surface area contributed by atoms with Gasteiger partial charge in [0, 0.05) is 23.0 Å². The zero-order valence-electron chi connectivity index (χ0n) is 11.4. The summed E-state index contributed by atoms with van der Waals surface area (Å²) in [6.07, 6.45) is 0. The van der Waals surface area contributed by atoms with Gasteiger partial charge in [-0.1, -0.05) is 0 Å². The molecule has 0 N–H and O–H groups in total. The Hall–Kier alpha value is -2.21. The number of hydrogen-bond acceptors (Lipinski definition) is 3. The first-order chi connectivity index (χ1) is 9.85. The normalized spacial score (nSPS) is 10.7. The topological polar surface area (TPSA) is 65.1 Å². The average molecular weight is 311 g/mol. The van der Waals surface area contributed by atoms with Crippen molar-refractivity contribution in [2.75, 3.05) is 5.88 Å². The molecule has 0 atom stereocenters. The van der Waals surface area contributed by atoms with E-state index in [0.29, 0.717) is 22.6 Å². The number of alkyl halides is 1. The van der Waals surface area contributed by atoms with E-state index < -0.39 is 10.7 Å². The van der Waals surface area contributed by atoms with E-state index in [-0.39, 0.29) is 17.4 Å². The Morgan fingerprint density at radius 1 is 1.33 bits per heavy atom. The minimum absolute atomic E-state index is 0.159. The zero-order valence-corrected chi connectivity index (χ0v) is 12.1. The smallest absolute Gasteiger partial charge is 0.274 e. The number of nitro groups is 1. The van der Waals surface area contributed by atoms with Gasteiger partial charge in [-0.2, -0.15) is 0 Å². The predicted octanol–water partition coefficient (Wildman–Crippen LogP) is 3.56. The molecule has 1 aromatic heterocycles. The van der Waals surface area contributed by atoms with Crippen molar-refractivity contribution < 1.29 is 14.1 Å². The molecule has 0 aliphatic heterocycles. The van der Waals surface area contributed by atoms with Gasteiger partial charge in [0.15, 0.2) is 5.78 Å².